The zero-order valence-electron chi connectivity index (χ0n) is 10.1. The minimum atomic E-state index is -2.14. The van der Waals surface area contributed by atoms with Crippen LogP contribution in [-0.2, 0) is 6.42 Å². The van der Waals surface area contributed by atoms with Gasteiger partial charge in [0, 0.05) is 12.6 Å². The highest BCUT2D eigenvalue weighted by atomic mass is 36.2. The van der Waals surface area contributed by atoms with E-state index in [1.807, 2.05) is 12.1 Å². The molecule has 0 amide bonds. The predicted molar refractivity (Wildman–Crippen MR) is 82.3 cm³/mol. The molecule has 0 unspecified atom stereocenters. The van der Waals surface area contributed by atoms with Crippen molar-refractivity contribution in [3.05, 3.63) is 29.8 Å². The van der Waals surface area contributed by atoms with Crippen LogP contribution in [0.25, 0.3) is 0 Å². The molecule has 0 heterocycles. The molecule has 1 aromatic carbocycles. The summed E-state index contributed by atoms with van der Waals surface area (Å²) in [6, 6.07) is 8.02. The Morgan fingerprint density at radius 3 is 2.00 bits per heavy atom. The van der Waals surface area contributed by atoms with Crippen molar-refractivity contribution < 1.29 is 0 Å². The zero-order chi connectivity index (χ0) is 12.7. The van der Waals surface area contributed by atoms with Gasteiger partial charge in [0.1, 0.15) is 0 Å². The van der Waals surface area contributed by atoms with Crippen molar-refractivity contribution in [3.63, 3.8) is 0 Å². The van der Waals surface area contributed by atoms with E-state index in [0.29, 0.717) is 0 Å². The molecule has 0 fully saturated rings. The molecule has 1 rings (SSSR count). The lowest BCUT2D eigenvalue weighted by atomic mass is 10.1. The first-order chi connectivity index (χ1) is 8.04. The molecule has 0 N–H and O–H groups in total. The minimum Gasteiger partial charge on any atom is -0.0654 e. The summed E-state index contributed by atoms with van der Waals surface area (Å²) in [5, 5.41) is 0. The number of aryl methyl sites for hydroxylation is 1. The second-order valence-electron chi connectivity index (χ2n) is 4.21. The summed E-state index contributed by atoms with van der Waals surface area (Å²) in [6.07, 6.45) is 7.66. The van der Waals surface area contributed by atoms with E-state index in [-0.39, 0.29) is 0 Å². The highest BCUT2D eigenvalue weighted by Crippen LogP contribution is 2.69. The molecule has 0 nitrogen and oxygen atoms in total. The van der Waals surface area contributed by atoms with E-state index in [4.69, 9.17) is 32.0 Å². The summed E-state index contributed by atoms with van der Waals surface area (Å²) in [4.78, 5) is 0.817. The normalized spacial score (nSPS) is 12.7. The summed E-state index contributed by atoms with van der Waals surface area (Å²) in [6.45, 7) is 2.23. The third kappa shape index (κ3) is 6.24. The quantitative estimate of drug-likeness (QED) is 0.484. The molecule has 98 valence electrons. The Morgan fingerprint density at radius 1 is 0.882 bits per heavy atom. The highest BCUT2D eigenvalue weighted by molar-refractivity contribution is 8.79. The van der Waals surface area contributed by atoms with E-state index < -0.39 is 7.67 Å². The number of rotatable bonds is 7. The van der Waals surface area contributed by atoms with Gasteiger partial charge in [-0.3, -0.25) is 0 Å². The van der Waals surface area contributed by atoms with Gasteiger partial charge in [-0.05, 0) is 62.6 Å². The van der Waals surface area contributed by atoms with Gasteiger partial charge in [0.2, 0.25) is 0 Å². The Labute approximate surface area is 119 Å². The predicted octanol–water partition coefficient (Wildman–Crippen LogP) is 6.82. The molecule has 0 aliphatic carbocycles. The number of hydrogen-bond acceptors (Lipinski definition) is 0. The first-order valence-corrected chi connectivity index (χ1v) is 10.2. The lowest BCUT2D eigenvalue weighted by Crippen LogP contribution is -1.87. The fraction of sp³-hybridized carbons (Fsp3) is 0.538. The van der Waals surface area contributed by atoms with E-state index in [1.165, 1.54) is 37.7 Å². The van der Waals surface area contributed by atoms with Gasteiger partial charge in [0.25, 0.3) is 0 Å². The molecule has 0 atom stereocenters. The maximum absolute atomic E-state index is 5.89. The van der Waals surface area contributed by atoms with Crippen molar-refractivity contribution >= 4 is 39.7 Å². The van der Waals surface area contributed by atoms with Crippen LogP contribution in [0.15, 0.2) is 29.2 Å². The second-order valence-corrected chi connectivity index (χ2v) is 11.1. The minimum absolute atomic E-state index is 0.817. The van der Waals surface area contributed by atoms with Crippen molar-refractivity contribution in [2.45, 2.75) is 50.3 Å². The zero-order valence-corrected chi connectivity index (χ0v) is 13.2. The maximum atomic E-state index is 5.89. The molecule has 0 saturated carbocycles. The Balaban J connectivity index is 2.36. The highest BCUT2D eigenvalue weighted by Gasteiger charge is 2.16. The molecule has 0 bridgehead atoms. The van der Waals surface area contributed by atoms with Crippen molar-refractivity contribution in [2.24, 2.45) is 0 Å². The lowest BCUT2D eigenvalue weighted by molar-refractivity contribution is 0.632. The van der Waals surface area contributed by atoms with Crippen molar-refractivity contribution in [1.29, 1.82) is 0 Å². The van der Waals surface area contributed by atoms with Gasteiger partial charge in [0.15, 0.2) is 0 Å². The summed E-state index contributed by atoms with van der Waals surface area (Å²) >= 11 is 0. The summed E-state index contributed by atoms with van der Waals surface area (Å²) in [5.41, 5.74) is 1.33. The SMILES string of the molecule is CCCCCCCc1ccc(S(Cl)(Cl)Cl)cc1. The summed E-state index contributed by atoms with van der Waals surface area (Å²) in [5.74, 6) is 0. The molecule has 0 radical (unpaired) electrons. The Morgan fingerprint density at radius 2 is 1.47 bits per heavy atom. The van der Waals surface area contributed by atoms with Gasteiger partial charge in [-0.2, -0.15) is 0 Å². The van der Waals surface area contributed by atoms with Crippen LogP contribution in [0.2, 0.25) is 0 Å². The van der Waals surface area contributed by atoms with Crippen LogP contribution in [0.3, 0.4) is 0 Å². The van der Waals surface area contributed by atoms with Gasteiger partial charge in [0.05, 0.1) is 0 Å². The molecule has 0 aliphatic heterocycles. The molecule has 0 aliphatic rings. The molecule has 1 aromatic rings. The summed E-state index contributed by atoms with van der Waals surface area (Å²) < 4.78 is 0. The molecular formula is C13H19Cl3S. The van der Waals surface area contributed by atoms with Gasteiger partial charge in [-0.15, -0.1) is 0 Å². The van der Waals surface area contributed by atoms with Gasteiger partial charge in [-0.1, -0.05) is 44.7 Å². The molecule has 0 spiro atoms. The van der Waals surface area contributed by atoms with Crippen molar-refractivity contribution in [2.75, 3.05) is 0 Å². The van der Waals surface area contributed by atoms with E-state index in [2.05, 4.69) is 19.1 Å². The second kappa shape index (κ2) is 7.78. The van der Waals surface area contributed by atoms with Crippen molar-refractivity contribution in [3.8, 4) is 0 Å². The fourth-order valence-corrected chi connectivity index (χ4v) is 3.11. The topological polar surface area (TPSA) is 0 Å². The first-order valence-electron chi connectivity index (χ1n) is 6.05. The van der Waals surface area contributed by atoms with Crippen LogP contribution < -0.4 is 0 Å². The maximum Gasteiger partial charge on any atom is 0.0310 e. The number of hydrogen-bond donors (Lipinski definition) is 0. The van der Waals surface area contributed by atoms with Crippen LogP contribution >= 0.6 is 39.7 Å². The molecule has 0 aromatic heterocycles. The van der Waals surface area contributed by atoms with Crippen LogP contribution in [-0.4, -0.2) is 0 Å². The largest absolute Gasteiger partial charge is 0.0654 e. The fourth-order valence-electron chi connectivity index (χ4n) is 1.74. The lowest BCUT2D eigenvalue weighted by Gasteiger charge is -2.15. The van der Waals surface area contributed by atoms with Crippen LogP contribution in [0.1, 0.15) is 44.6 Å². The Hall–Kier alpha value is 0.440. The van der Waals surface area contributed by atoms with Gasteiger partial charge < -0.3 is 0 Å². The molecule has 0 saturated heterocycles. The number of halogens is 3. The van der Waals surface area contributed by atoms with E-state index in [9.17, 15) is 0 Å². The average molecular weight is 314 g/mol. The van der Waals surface area contributed by atoms with Gasteiger partial charge >= 0.3 is 0 Å². The summed E-state index contributed by atoms with van der Waals surface area (Å²) in [7, 11) is 15.5. The Kier molecular flexibility index (Phi) is 7.10. The number of unbranched alkanes of at least 4 members (excludes halogenated alkanes) is 4. The smallest absolute Gasteiger partial charge is 0.0310 e. The standard InChI is InChI=1S/C13H19Cl3S/c1-2-3-4-5-6-7-12-8-10-13(11-9-12)17(14,15)16/h8-11H,2-7H2,1H3. The van der Waals surface area contributed by atoms with Crippen LogP contribution in [0.4, 0.5) is 0 Å². The monoisotopic (exact) mass is 312 g/mol. The van der Waals surface area contributed by atoms with Crippen LogP contribution in [0.5, 0.6) is 0 Å². The van der Waals surface area contributed by atoms with E-state index in [1.54, 1.807) is 0 Å². The van der Waals surface area contributed by atoms with E-state index in [0.717, 1.165) is 11.3 Å². The van der Waals surface area contributed by atoms with Gasteiger partial charge in [-0.25, -0.2) is 0 Å². The Bertz CT molecular complexity index is 316. The number of benzene rings is 1. The molecule has 17 heavy (non-hydrogen) atoms. The third-order valence-corrected chi connectivity index (χ3v) is 5.17. The molecule has 4 heteroatoms. The first kappa shape index (κ1) is 15.5. The average Bonchev–Trinajstić information content (AvgIpc) is 2.28. The third-order valence-electron chi connectivity index (χ3n) is 2.76. The van der Waals surface area contributed by atoms with Crippen molar-refractivity contribution in [1.82, 2.24) is 0 Å². The molecular weight excluding hydrogens is 295 g/mol. The van der Waals surface area contributed by atoms with E-state index >= 15 is 0 Å². The van der Waals surface area contributed by atoms with Crippen LogP contribution in [0, 0.1) is 0 Å².